The molecule has 3 heterocycles. The second-order valence-electron chi connectivity index (χ2n) is 6.53. The first-order valence-corrected chi connectivity index (χ1v) is 11.2. The first-order valence-electron chi connectivity index (χ1n) is 8.87. The lowest BCUT2D eigenvalue weighted by molar-refractivity contribution is 0.0728. The van der Waals surface area contributed by atoms with E-state index in [-0.39, 0.29) is 17.3 Å². The highest BCUT2D eigenvalue weighted by Crippen LogP contribution is 2.24. The molecule has 1 aliphatic rings. The molecule has 0 radical (unpaired) electrons. The summed E-state index contributed by atoms with van der Waals surface area (Å²) in [6.07, 6.45) is 2.28. The third kappa shape index (κ3) is 3.99. The molecule has 1 amide bonds. The number of thiophene rings is 1. The summed E-state index contributed by atoms with van der Waals surface area (Å²) >= 11 is 1.51. The number of nitrogens with one attached hydrogen (secondary N) is 1. The highest BCUT2D eigenvalue weighted by atomic mass is 32.2. The summed E-state index contributed by atoms with van der Waals surface area (Å²) < 4.78 is 27.9. The lowest BCUT2D eigenvalue weighted by Gasteiger charge is -2.29. The van der Waals surface area contributed by atoms with E-state index in [0.717, 1.165) is 16.0 Å². The van der Waals surface area contributed by atoms with Crippen molar-refractivity contribution in [2.24, 2.45) is 0 Å². The number of sulfonamides is 1. The molecule has 8 heteroatoms. The van der Waals surface area contributed by atoms with Crippen molar-refractivity contribution in [2.75, 3.05) is 6.54 Å². The summed E-state index contributed by atoms with van der Waals surface area (Å²) in [5.74, 6) is -0.143. The zero-order valence-corrected chi connectivity index (χ0v) is 16.7. The topological polar surface area (TPSA) is 79.4 Å². The van der Waals surface area contributed by atoms with Crippen molar-refractivity contribution in [1.82, 2.24) is 14.6 Å². The molecule has 4 rings (SSSR count). The van der Waals surface area contributed by atoms with Crippen LogP contribution >= 0.6 is 11.3 Å². The van der Waals surface area contributed by atoms with E-state index in [2.05, 4.69) is 9.71 Å². The van der Waals surface area contributed by atoms with Gasteiger partial charge in [-0.25, -0.2) is 13.1 Å². The molecule has 0 saturated heterocycles. The Morgan fingerprint density at radius 2 is 2.04 bits per heavy atom. The molecule has 0 bridgehead atoms. The number of amides is 1. The van der Waals surface area contributed by atoms with Crippen LogP contribution in [0.5, 0.6) is 0 Å². The summed E-state index contributed by atoms with van der Waals surface area (Å²) in [5, 5.41) is 1.91. The van der Waals surface area contributed by atoms with E-state index in [9.17, 15) is 13.2 Å². The summed E-state index contributed by atoms with van der Waals surface area (Å²) in [6, 6.07) is 14.2. The maximum absolute atomic E-state index is 12.7. The summed E-state index contributed by atoms with van der Waals surface area (Å²) in [7, 11) is -3.62. The van der Waals surface area contributed by atoms with Gasteiger partial charge in [0.25, 0.3) is 5.91 Å². The fourth-order valence-electron chi connectivity index (χ4n) is 3.19. The van der Waals surface area contributed by atoms with Crippen LogP contribution in [-0.2, 0) is 29.5 Å². The first-order chi connectivity index (χ1) is 13.5. The predicted molar refractivity (Wildman–Crippen MR) is 107 cm³/mol. The van der Waals surface area contributed by atoms with Crippen LogP contribution in [0, 0.1) is 0 Å². The standard InChI is InChI=1S/C20H19N3O3S2/c24-20(19-5-1-2-9-21-19)23-10-8-15-6-7-18(12-16(15)14-23)28(25,26)22-13-17-4-3-11-27-17/h1-7,9,11-12,22H,8,10,13-14H2. The second kappa shape index (κ2) is 7.83. The zero-order valence-electron chi connectivity index (χ0n) is 15.0. The van der Waals surface area contributed by atoms with Gasteiger partial charge in [-0.2, -0.15) is 0 Å². The molecule has 0 aliphatic carbocycles. The minimum Gasteiger partial charge on any atom is -0.333 e. The van der Waals surface area contributed by atoms with E-state index in [0.29, 0.717) is 25.2 Å². The van der Waals surface area contributed by atoms with Crippen molar-refractivity contribution in [3.05, 3.63) is 81.8 Å². The van der Waals surface area contributed by atoms with Gasteiger partial charge in [-0.15, -0.1) is 11.3 Å². The molecular formula is C20H19N3O3S2. The molecule has 0 saturated carbocycles. The molecule has 0 unspecified atom stereocenters. The van der Waals surface area contributed by atoms with Gasteiger partial charge < -0.3 is 4.90 Å². The Morgan fingerprint density at radius 1 is 1.14 bits per heavy atom. The number of carbonyl (C=O) groups excluding carboxylic acids is 1. The normalized spacial score (nSPS) is 13.9. The fraction of sp³-hybridized carbons (Fsp3) is 0.200. The Kier molecular flexibility index (Phi) is 5.25. The number of rotatable bonds is 5. The number of pyridine rings is 1. The molecule has 1 N–H and O–H groups in total. The minimum absolute atomic E-state index is 0.143. The van der Waals surface area contributed by atoms with Gasteiger partial charge in [-0.1, -0.05) is 18.2 Å². The van der Waals surface area contributed by atoms with Crippen LogP contribution in [0.15, 0.2) is 65.0 Å². The van der Waals surface area contributed by atoms with E-state index in [1.54, 1.807) is 41.4 Å². The van der Waals surface area contributed by atoms with E-state index < -0.39 is 10.0 Å². The quantitative estimate of drug-likeness (QED) is 0.698. The van der Waals surface area contributed by atoms with Crippen molar-refractivity contribution in [2.45, 2.75) is 24.4 Å². The Labute approximate surface area is 167 Å². The Morgan fingerprint density at radius 3 is 2.79 bits per heavy atom. The number of hydrogen-bond acceptors (Lipinski definition) is 5. The monoisotopic (exact) mass is 413 g/mol. The third-order valence-electron chi connectivity index (χ3n) is 4.69. The number of carbonyl (C=O) groups is 1. The molecule has 28 heavy (non-hydrogen) atoms. The number of hydrogen-bond donors (Lipinski definition) is 1. The molecule has 1 aromatic carbocycles. The molecule has 0 fully saturated rings. The fourth-order valence-corrected chi connectivity index (χ4v) is 4.98. The van der Waals surface area contributed by atoms with Crippen LogP contribution < -0.4 is 4.72 Å². The Balaban J connectivity index is 1.52. The highest BCUT2D eigenvalue weighted by molar-refractivity contribution is 7.89. The summed E-state index contributed by atoms with van der Waals surface area (Å²) in [5.41, 5.74) is 2.32. The van der Waals surface area contributed by atoms with Gasteiger partial charge in [-0.05, 0) is 53.3 Å². The van der Waals surface area contributed by atoms with Crippen molar-refractivity contribution in [3.63, 3.8) is 0 Å². The Hall–Kier alpha value is -2.55. The maximum Gasteiger partial charge on any atom is 0.272 e. The lowest BCUT2D eigenvalue weighted by Crippen LogP contribution is -2.36. The van der Waals surface area contributed by atoms with Crippen LogP contribution in [0.2, 0.25) is 0 Å². The van der Waals surface area contributed by atoms with E-state index in [4.69, 9.17) is 0 Å². The van der Waals surface area contributed by atoms with E-state index in [1.807, 2.05) is 23.6 Å². The average Bonchev–Trinajstić information content (AvgIpc) is 3.25. The van der Waals surface area contributed by atoms with Gasteiger partial charge >= 0.3 is 0 Å². The summed E-state index contributed by atoms with van der Waals surface area (Å²) in [4.78, 5) is 19.7. The predicted octanol–water partition coefficient (Wildman–Crippen LogP) is 2.82. The average molecular weight is 414 g/mol. The van der Waals surface area contributed by atoms with Crippen molar-refractivity contribution in [1.29, 1.82) is 0 Å². The molecule has 6 nitrogen and oxygen atoms in total. The van der Waals surface area contributed by atoms with Gasteiger partial charge in [0.1, 0.15) is 5.69 Å². The smallest absolute Gasteiger partial charge is 0.272 e. The highest BCUT2D eigenvalue weighted by Gasteiger charge is 2.24. The number of nitrogens with zero attached hydrogens (tertiary/aromatic N) is 2. The van der Waals surface area contributed by atoms with E-state index >= 15 is 0 Å². The molecule has 144 valence electrons. The van der Waals surface area contributed by atoms with Crippen LogP contribution in [0.25, 0.3) is 0 Å². The lowest BCUT2D eigenvalue weighted by atomic mass is 9.99. The molecule has 0 atom stereocenters. The van der Waals surface area contributed by atoms with Gasteiger partial charge in [0, 0.05) is 30.7 Å². The van der Waals surface area contributed by atoms with Crippen molar-refractivity contribution in [3.8, 4) is 0 Å². The Bertz CT molecular complexity index is 1080. The van der Waals surface area contributed by atoms with Crippen molar-refractivity contribution < 1.29 is 13.2 Å². The number of benzene rings is 1. The third-order valence-corrected chi connectivity index (χ3v) is 6.96. The summed E-state index contributed by atoms with van der Waals surface area (Å²) in [6.45, 7) is 1.23. The molecular weight excluding hydrogens is 394 g/mol. The van der Waals surface area contributed by atoms with Gasteiger partial charge in [0.2, 0.25) is 10.0 Å². The van der Waals surface area contributed by atoms with Crippen LogP contribution in [0.4, 0.5) is 0 Å². The first kappa shape index (κ1) is 18.8. The molecule has 1 aliphatic heterocycles. The number of aromatic nitrogens is 1. The van der Waals surface area contributed by atoms with Crippen LogP contribution in [-0.4, -0.2) is 30.8 Å². The SMILES string of the molecule is O=C(c1ccccn1)N1CCc2ccc(S(=O)(=O)NCc3cccs3)cc2C1. The molecule has 3 aromatic rings. The van der Waals surface area contributed by atoms with Crippen LogP contribution in [0.3, 0.4) is 0 Å². The number of fused-ring (bicyclic) bond motifs is 1. The van der Waals surface area contributed by atoms with E-state index in [1.165, 1.54) is 11.3 Å². The minimum atomic E-state index is -3.62. The second-order valence-corrected chi connectivity index (χ2v) is 9.33. The van der Waals surface area contributed by atoms with Gasteiger partial charge in [0.05, 0.1) is 4.90 Å². The molecule has 0 spiro atoms. The van der Waals surface area contributed by atoms with Gasteiger partial charge in [-0.3, -0.25) is 9.78 Å². The van der Waals surface area contributed by atoms with Gasteiger partial charge in [0.15, 0.2) is 0 Å². The van der Waals surface area contributed by atoms with Crippen molar-refractivity contribution >= 4 is 27.3 Å². The zero-order chi connectivity index (χ0) is 19.6. The largest absolute Gasteiger partial charge is 0.333 e. The maximum atomic E-state index is 12.7. The van der Waals surface area contributed by atoms with Crippen LogP contribution in [0.1, 0.15) is 26.5 Å². The molecule has 2 aromatic heterocycles.